The Balaban J connectivity index is 1.55. The molecule has 0 saturated carbocycles. The van der Waals surface area contributed by atoms with Crippen LogP contribution in [-0.4, -0.2) is 15.5 Å². The summed E-state index contributed by atoms with van der Waals surface area (Å²) in [6.45, 7) is -0.0348. The van der Waals surface area contributed by atoms with Crippen LogP contribution in [0.3, 0.4) is 0 Å². The molecule has 1 atom stereocenters. The number of aromatic nitrogens is 2. The summed E-state index contributed by atoms with van der Waals surface area (Å²) in [7, 11) is 0. The molecule has 1 N–H and O–H groups in total. The Bertz CT molecular complexity index is 1040. The number of aryl methyl sites for hydroxylation is 1. The Morgan fingerprint density at radius 3 is 3.00 bits per heavy atom. The fourth-order valence-electron chi connectivity index (χ4n) is 3.54. The Labute approximate surface area is 159 Å². The molecule has 6 heteroatoms. The molecular weight excluding hydrogens is 394 g/mol. The summed E-state index contributed by atoms with van der Waals surface area (Å²) in [6.07, 6.45) is 4.45. The first-order chi connectivity index (χ1) is 12.6. The van der Waals surface area contributed by atoms with Gasteiger partial charge >= 0.3 is 0 Å². The maximum atomic E-state index is 12.6. The molecule has 0 spiro atoms. The molecule has 132 valence electrons. The average Bonchev–Trinajstić information content (AvgIpc) is 2.65. The third-order valence-corrected chi connectivity index (χ3v) is 5.30. The highest BCUT2D eigenvalue weighted by molar-refractivity contribution is 9.10. The molecule has 5 nitrogen and oxygen atoms in total. The highest BCUT2D eigenvalue weighted by Gasteiger charge is 2.21. The molecule has 1 heterocycles. The fourth-order valence-corrected chi connectivity index (χ4v) is 3.90. The van der Waals surface area contributed by atoms with Gasteiger partial charge in [-0.2, -0.15) is 0 Å². The Morgan fingerprint density at radius 2 is 2.12 bits per heavy atom. The van der Waals surface area contributed by atoms with Gasteiger partial charge in [0.25, 0.3) is 5.56 Å². The SMILES string of the molecule is O=C(Cn1cnc2ccc(Br)cc2c1=O)N[C@H]1CCCc2ccccc21. The lowest BCUT2D eigenvalue weighted by atomic mass is 9.88. The Hall–Kier alpha value is -2.47. The molecule has 0 fully saturated rings. The zero-order valence-electron chi connectivity index (χ0n) is 14.1. The van der Waals surface area contributed by atoms with Crippen molar-refractivity contribution in [1.82, 2.24) is 14.9 Å². The van der Waals surface area contributed by atoms with Crippen LogP contribution < -0.4 is 10.9 Å². The van der Waals surface area contributed by atoms with Gasteiger partial charge in [-0.05, 0) is 48.6 Å². The largest absolute Gasteiger partial charge is 0.348 e. The summed E-state index contributed by atoms with van der Waals surface area (Å²) >= 11 is 3.37. The van der Waals surface area contributed by atoms with Crippen LogP contribution in [-0.2, 0) is 17.8 Å². The van der Waals surface area contributed by atoms with E-state index in [9.17, 15) is 9.59 Å². The van der Waals surface area contributed by atoms with E-state index >= 15 is 0 Å². The molecule has 26 heavy (non-hydrogen) atoms. The molecule has 1 aliphatic rings. The molecule has 1 amide bonds. The first-order valence-electron chi connectivity index (χ1n) is 8.64. The van der Waals surface area contributed by atoms with E-state index in [1.807, 2.05) is 18.2 Å². The standard InChI is InChI=1S/C20H18BrN3O2/c21-14-8-9-17-16(10-14)20(26)24(12-22-17)11-19(25)23-18-7-3-5-13-4-1-2-6-15(13)18/h1-2,4,6,8-10,12,18H,3,5,7,11H2,(H,23,25)/t18-/m0/s1. The van der Waals surface area contributed by atoms with Crippen molar-refractivity contribution in [3.05, 3.63) is 74.7 Å². The third-order valence-electron chi connectivity index (χ3n) is 4.80. The van der Waals surface area contributed by atoms with E-state index in [1.165, 1.54) is 22.0 Å². The number of carbonyl (C=O) groups excluding carboxylic acids is 1. The lowest BCUT2D eigenvalue weighted by molar-refractivity contribution is -0.122. The van der Waals surface area contributed by atoms with Gasteiger partial charge in [0.2, 0.25) is 5.91 Å². The smallest absolute Gasteiger partial charge is 0.261 e. The van der Waals surface area contributed by atoms with Crippen molar-refractivity contribution in [2.75, 3.05) is 0 Å². The molecule has 0 unspecified atom stereocenters. The summed E-state index contributed by atoms with van der Waals surface area (Å²) in [4.78, 5) is 29.4. The molecule has 0 aliphatic heterocycles. The van der Waals surface area contributed by atoms with Crippen molar-refractivity contribution < 1.29 is 4.79 Å². The van der Waals surface area contributed by atoms with E-state index in [2.05, 4.69) is 38.4 Å². The van der Waals surface area contributed by atoms with Crippen LogP contribution in [0.25, 0.3) is 10.9 Å². The highest BCUT2D eigenvalue weighted by atomic mass is 79.9. The Morgan fingerprint density at radius 1 is 1.27 bits per heavy atom. The van der Waals surface area contributed by atoms with E-state index in [0.717, 1.165) is 23.7 Å². The van der Waals surface area contributed by atoms with Crippen LogP contribution in [0.15, 0.2) is 58.1 Å². The van der Waals surface area contributed by atoms with Gasteiger partial charge in [0, 0.05) is 4.47 Å². The van der Waals surface area contributed by atoms with Crippen LogP contribution in [0.2, 0.25) is 0 Å². The minimum Gasteiger partial charge on any atom is -0.348 e. The fraction of sp³-hybridized carbons (Fsp3) is 0.250. The van der Waals surface area contributed by atoms with Crippen LogP contribution >= 0.6 is 15.9 Å². The molecule has 3 aromatic rings. The van der Waals surface area contributed by atoms with Crippen molar-refractivity contribution >= 4 is 32.7 Å². The third kappa shape index (κ3) is 3.29. The molecular formula is C20H18BrN3O2. The van der Waals surface area contributed by atoms with E-state index in [-0.39, 0.29) is 24.1 Å². The van der Waals surface area contributed by atoms with E-state index in [1.54, 1.807) is 12.1 Å². The molecule has 0 saturated heterocycles. The van der Waals surface area contributed by atoms with Crippen molar-refractivity contribution in [1.29, 1.82) is 0 Å². The zero-order valence-corrected chi connectivity index (χ0v) is 15.7. The van der Waals surface area contributed by atoms with Crippen molar-refractivity contribution in [2.24, 2.45) is 0 Å². The van der Waals surface area contributed by atoms with Gasteiger partial charge in [-0.25, -0.2) is 4.98 Å². The van der Waals surface area contributed by atoms with Crippen molar-refractivity contribution in [3.8, 4) is 0 Å². The summed E-state index contributed by atoms with van der Waals surface area (Å²) < 4.78 is 2.17. The molecule has 0 bridgehead atoms. The highest BCUT2D eigenvalue weighted by Crippen LogP contribution is 2.29. The second-order valence-electron chi connectivity index (χ2n) is 6.55. The predicted octanol–water partition coefficient (Wildman–Crippen LogP) is 3.35. The molecule has 4 rings (SSSR count). The predicted molar refractivity (Wildman–Crippen MR) is 104 cm³/mol. The van der Waals surface area contributed by atoms with E-state index in [0.29, 0.717) is 10.9 Å². The summed E-state index contributed by atoms with van der Waals surface area (Å²) in [6, 6.07) is 13.6. The van der Waals surface area contributed by atoms with Crippen LogP contribution in [0.4, 0.5) is 0 Å². The zero-order chi connectivity index (χ0) is 18.1. The first-order valence-corrected chi connectivity index (χ1v) is 9.43. The second-order valence-corrected chi connectivity index (χ2v) is 7.47. The van der Waals surface area contributed by atoms with Gasteiger partial charge in [0.05, 0.1) is 23.3 Å². The first kappa shape index (κ1) is 17.0. The topological polar surface area (TPSA) is 64.0 Å². The number of nitrogens with zero attached hydrogens (tertiary/aromatic N) is 2. The number of nitrogens with one attached hydrogen (secondary N) is 1. The molecule has 0 radical (unpaired) electrons. The lowest BCUT2D eigenvalue weighted by Crippen LogP contribution is -2.36. The van der Waals surface area contributed by atoms with Gasteiger partial charge in [-0.3, -0.25) is 14.2 Å². The number of fused-ring (bicyclic) bond motifs is 2. The number of carbonyl (C=O) groups is 1. The summed E-state index contributed by atoms with van der Waals surface area (Å²) in [5.41, 5.74) is 2.88. The number of hydrogen-bond acceptors (Lipinski definition) is 3. The monoisotopic (exact) mass is 411 g/mol. The molecule has 1 aliphatic carbocycles. The number of benzene rings is 2. The maximum absolute atomic E-state index is 12.6. The maximum Gasteiger partial charge on any atom is 0.261 e. The number of halogens is 1. The molecule has 2 aromatic carbocycles. The quantitative estimate of drug-likeness (QED) is 0.718. The van der Waals surface area contributed by atoms with Crippen LogP contribution in [0, 0.1) is 0 Å². The Kier molecular flexibility index (Phi) is 4.59. The van der Waals surface area contributed by atoms with Gasteiger partial charge in [-0.15, -0.1) is 0 Å². The van der Waals surface area contributed by atoms with E-state index in [4.69, 9.17) is 0 Å². The van der Waals surface area contributed by atoms with Crippen molar-refractivity contribution in [3.63, 3.8) is 0 Å². The minimum atomic E-state index is -0.213. The van der Waals surface area contributed by atoms with E-state index < -0.39 is 0 Å². The average molecular weight is 412 g/mol. The summed E-state index contributed by atoms with van der Waals surface area (Å²) in [5.74, 6) is -0.176. The van der Waals surface area contributed by atoms with Gasteiger partial charge < -0.3 is 5.32 Å². The minimum absolute atomic E-state index is 0.00529. The second kappa shape index (κ2) is 7.03. The van der Waals surface area contributed by atoms with Gasteiger partial charge in [0.15, 0.2) is 0 Å². The lowest BCUT2D eigenvalue weighted by Gasteiger charge is -2.26. The number of rotatable bonds is 3. The van der Waals surface area contributed by atoms with Crippen LogP contribution in [0.5, 0.6) is 0 Å². The normalized spacial score (nSPS) is 16.3. The summed E-state index contributed by atoms with van der Waals surface area (Å²) in [5, 5.41) is 3.57. The van der Waals surface area contributed by atoms with Gasteiger partial charge in [-0.1, -0.05) is 40.2 Å². The molecule has 1 aromatic heterocycles. The van der Waals surface area contributed by atoms with Crippen LogP contribution in [0.1, 0.15) is 30.0 Å². The van der Waals surface area contributed by atoms with Gasteiger partial charge in [0.1, 0.15) is 6.54 Å². The number of hydrogen-bond donors (Lipinski definition) is 1. The van der Waals surface area contributed by atoms with Crippen molar-refractivity contribution in [2.45, 2.75) is 31.8 Å². The number of amides is 1.